The highest BCUT2D eigenvalue weighted by molar-refractivity contribution is 7.98. The first-order valence-corrected chi connectivity index (χ1v) is 11.4. The van der Waals surface area contributed by atoms with Gasteiger partial charge in [0, 0.05) is 17.0 Å². The van der Waals surface area contributed by atoms with Gasteiger partial charge in [0.15, 0.2) is 5.69 Å². The Bertz CT molecular complexity index is 1270. The predicted octanol–water partition coefficient (Wildman–Crippen LogP) is 5.35. The van der Waals surface area contributed by atoms with Gasteiger partial charge >= 0.3 is 0 Å². The van der Waals surface area contributed by atoms with Crippen molar-refractivity contribution in [3.63, 3.8) is 0 Å². The maximum Gasteiger partial charge on any atom is 0.247 e. The topological polar surface area (TPSA) is 78.4 Å². The molecule has 1 atom stereocenters. The van der Waals surface area contributed by atoms with Crippen molar-refractivity contribution in [2.75, 3.05) is 19.5 Å². The first kappa shape index (κ1) is 21.1. The molecule has 0 radical (unpaired) electrons. The smallest absolute Gasteiger partial charge is 0.247 e. The highest BCUT2D eigenvalue weighted by atomic mass is 32.2. The molecule has 166 valence electrons. The Kier molecular flexibility index (Phi) is 5.99. The van der Waals surface area contributed by atoms with Gasteiger partial charge in [0.1, 0.15) is 11.5 Å². The van der Waals surface area contributed by atoms with E-state index in [0.29, 0.717) is 28.2 Å². The number of methoxy groups -OCH3 is 2. The molecule has 0 fully saturated rings. The first-order valence-electron chi connectivity index (χ1n) is 10.4. The largest absolute Gasteiger partial charge is 0.497 e. The summed E-state index contributed by atoms with van der Waals surface area (Å²) < 4.78 is 17.4. The zero-order valence-electron chi connectivity index (χ0n) is 18.2. The Morgan fingerprint density at radius 1 is 0.939 bits per heavy atom. The van der Waals surface area contributed by atoms with Crippen LogP contribution in [0.4, 0.5) is 5.69 Å². The van der Waals surface area contributed by atoms with Crippen LogP contribution in [0.5, 0.6) is 17.4 Å². The van der Waals surface area contributed by atoms with Gasteiger partial charge in [0.2, 0.25) is 17.3 Å². The molecule has 0 spiro atoms. The van der Waals surface area contributed by atoms with Crippen LogP contribution in [-0.2, 0) is 5.75 Å². The maximum atomic E-state index is 6.39. The number of rotatable bonds is 6. The van der Waals surface area contributed by atoms with Crippen LogP contribution < -0.4 is 19.5 Å². The lowest BCUT2D eigenvalue weighted by atomic mass is 10.1. The minimum atomic E-state index is -0.568. The molecule has 1 aliphatic rings. The molecule has 8 heteroatoms. The zero-order valence-corrected chi connectivity index (χ0v) is 19.0. The van der Waals surface area contributed by atoms with Gasteiger partial charge in [-0.15, -0.1) is 10.2 Å². The fraction of sp³-hybridized carbons (Fsp3) is 0.160. The number of hydrogen-bond acceptors (Lipinski definition) is 8. The van der Waals surface area contributed by atoms with Crippen LogP contribution in [0.15, 0.2) is 78.0 Å². The molecule has 1 aromatic heterocycles. The highest BCUT2D eigenvalue weighted by Crippen LogP contribution is 2.41. The maximum absolute atomic E-state index is 6.39. The lowest BCUT2D eigenvalue weighted by Crippen LogP contribution is -2.18. The molecular weight excluding hydrogens is 436 g/mol. The molecule has 2 heterocycles. The van der Waals surface area contributed by atoms with Crippen LogP contribution in [0.3, 0.4) is 0 Å². The predicted molar refractivity (Wildman–Crippen MR) is 128 cm³/mol. The minimum Gasteiger partial charge on any atom is -0.497 e. The van der Waals surface area contributed by atoms with E-state index in [1.807, 2.05) is 60.7 Å². The molecule has 1 N–H and O–H groups in total. The van der Waals surface area contributed by atoms with Crippen molar-refractivity contribution in [1.29, 1.82) is 0 Å². The monoisotopic (exact) mass is 458 g/mol. The van der Waals surface area contributed by atoms with Crippen LogP contribution in [0, 0.1) is 0 Å². The van der Waals surface area contributed by atoms with E-state index in [1.54, 1.807) is 14.2 Å². The summed E-state index contributed by atoms with van der Waals surface area (Å²) in [7, 11) is 3.26. The fourth-order valence-corrected chi connectivity index (χ4v) is 4.35. The Balaban J connectivity index is 1.53. The second-order valence-corrected chi connectivity index (χ2v) is 8.26. The summed E-state index contributed by atoms with van der Waals surface area (Å²) in [5.41, 5.74) is 4.31. The molecule has 5 rings (SSSR count). The molecule has 0 bridgehead atoms. The molecule has 3 aromatic carbocycles. The van der Waals surface area contributed by atoms with Gasteiger partial charge in [-0.05, 0) is 29.8 Å². The average molecular weight is 459 g/mol. The van der Waals surface area contributed by atoms with Crippen LogP contribution in [0.2, 0.25) is 0 Å². The van der Waals surface area contributed by atoms with Gasteiger partial charge in [-0.25, -0.2) is 0 Å². The Morgan fingerprint density at radius 2 is 1.76 bits per heavy atom. The number of para-hydroxylation sites is 1. The lowest BCUT2D eigenvalue weighted by Gasteiger charge is -2.21. The number of hydrogen-bond donors (Lipinski definition) is 1. The van der Waals surface area contributed by atoms with Gasteiger partial charge in [0.25, 0.3) is 0 Å². The third kappa shape index (κ3) is 4.42. The number of benzene rings is 3. The molecule has 0 saturated carbocycles. The van der Waals surface area contributed by atoms with E-state index in [0.717, 1.165) is 22.6 Å². The number of nitrogens with zero attached hydrogens (tertiary/aromatic N) is 3. The van der Waals surface area contributed by atoms with Gasteiger partial charge in [-0.3, -0.25) is 0 Å². The molecular formula is C25H22N4O3S. The van der Waals surface area contributed by atoms with Crippen molar-refractivity contribution in [2.24, 2.45) is 0 Å². The number of fused-ring (bicyclic) bond motifs is 3. The number of thioether (sulfide) groups is 1. The van der Waals surface area contributed by atoms with Gasteiger partial charge in [-0.1, -0.05) is 60.3 Å². The van der Waals surface area contributed by atoms with Crippen molar-refractivity contribution in [3.8, 4) is 28.6 Å². The van der Waals surface area contributed by atoms with Crippen LogP contribution in [0.1, 0.15) is 17.4 Å². The Labute approximate surface area is 196 Å². The van der Waals surface area contributed by atoms with Crippen LogP contribution in [0.25, 0.3) is 11.3 Å². The standard InChI is InChI=1S/C25H22N4O3S/c1-30-17-12-13-21(31-2)19(14-17)23-26-20-11-7-6-10-18(20)22-24(32-23)27-25(29-28-22)33-15-16-8-4-3-5-9-16/h3-14,23,26H,15H2,1-2H3/t23-/m0/s1. The zero-order chi connectivity index (χ0) is 22.6. The number of ether oxygens (including phenoxy) is 3. The molecule has 0 aliphatic carbocycles. The highest BCUT2D eigenvalue weighted by Gasteiger charge is 2.28. The number of anilines is 1. The van der Waals surface area contributed by atoms with E-state index in [4.69, 9.17) is 19.2 Å². The Hall–Kier alpha value is -3.78. The van der Waals surface area contributed by atoms with Crippen LogP contribution >= 0.6 is 11.8 Å². The Morgan fingerprint density at radius 3 is 2.58 bits per heavy atom. The fourth-order valence-electron chi connectivity index (χ4n) is 3.62. The molecule has 4 aromatic rings. The molecule has 0 unspecified atom stereocenters. The summed E-state index contributed by atoms with van der Waals surface area (Å²) in [5, 5.41) is 12.8. The van der Waals surface area contributed by atoms with E-state index >= 15 is 0 Å². The second-order valence-electron chi connectivity index (χ2n) is 7.32. The van der Waals surface area contributed by atoms with Crippen molar-refractivity contribution in [1.82, 2.24) is 15.2 Å². The molecule has 0 amide bonds. The SMILES string of the molecule is COc1ccc(OC)c([C@H]2Nc3ccccc3-c3nnc(SCc4ccccc4)nc3O2)c1. The third-order valence-electron chi connectivity index (χ3n) is 5.26. The van der Waals surface area contributed by atoms with E-state index in [2.05, 4.69) is 27.6 Å². The summed E-state index contributed by atoms with van der Waals surface area (Å²) in [4.78, 5) is 4.72. The summed E-state index contributed by atoms with van der Waals surface area (Å²) >= 11 is 1.52. The van der Waals surface area contributed by atoms with E-state index in [1.165, 1.54) is 17.3 Å². The molecule has 33 heavy (non-hydrogen) atoms. The van der Waals surface area contributed by atoms with Gasteiger partial charge in [-0.2, -0.15) is 4.98 Å². The van der Waals surface area contributed by atoms with E-state index < -0.39 is 6.23 Å². The third-order valence-corrected chi connectivity index (χ3v) is 6.17. The van der Waals surface area contributed by atoms with Crippen molar-refractivity contribution in [2.45, 2.75) is 17.1 Å². The summed E-state index contributed by atoms with van der Waals surface area (Å²) in [6, 6.07) is 23.7. The molecule has 1 aliphatic heterocycles. The first-order chi connectivity index (χ1) is 16.2. The van der Waals surface area contributed by atoms with Crippen LogP contribution in [-0.4, -0.2) is 29.4 Å². The summed E-state index contributed by atoms with van der Waals surface area (Å²) in [6.45, 7) is 0. The van der Waals surface area contributed by atoms with Crippen molar-refractivity contribution >= 4 is 17.4 Å². The second kappa shape index (κ2) is 9.38. The lowest BCUT2D eigenvalue weighted by molar-refractivity contribution is 0.219. The quantitative estimate of drug-likeness (QED) is 0.387. The molecule has 7 nitrogen and oxygen atoms in total. The average Bonchev–Trinajstić information content (AvgIpc) is 3.04. The van der Waals surface area contributed by atoms with E-state index in [-0.39, 0.29) is 0 Å². The van der Waals surface area contributed by atoms with E-state index in [9.17, 15) is 0 Å². The number of aromatic nitrogens is 3. The number of nitrogens with one attached hydrogen (secondary N) is 1. The van der Waals surface area contributed by atoms with Gasteiger partial charge < -0.3 is 19.5 Å². The minimum absolute atomic E-state index is 0.410. The van der Waals surface area contributed by atoms with Crippen molar-refractivity contribution in [3.05, 3.63) is 83.9 Å². The summed E-state index contributed by atoms with van der Waals surface area (Å²) in [5.74, 6) is 2.53. The van der Waals surface area contributed by atoms with Gasteiger partial charge in [0.05, 0.1) is 19.8 Å². The normalized spacial score (nSPS) is 14.2. The summed E-state index contributed by atoms with van der Waals surface area (Å²) in [6.07, 6.45) is -0.568. The van der Waals surface area contributed by atoms with Crippen molar-refractivity contribution < 1.29 is 14.2 Å². The molecule has 0 saturated heterocycles.